The van der Waals surface area contributed by atoms with Crippen LogP contribution >= 0.6 is 0 Å². The third-order valence-corrected chi connectivity index (χ3v) is 2.39. The van der Waals surface area contributed by atoms with Crippen molar-refractivity contribution >= 4 is 17.2 Å². The molecule has 0 saturated carbocycles. The average Bonchev–Trinajstić information content (AvgIpc) is 2.33. The van der Waals surface area contributed by atoms with Gasteiger partial charge in [0.2, 0.25) is 0 Å². The molecule has 6 nitrogen and oxygen atoms in total. The van der Waals surface area contributed by atoms with Gasteiger partial charge in [-0.1, -0.05) is 18.2 Å². The van der Waals surface area contributed by atoms with Gasteiger partial charge in [0.1, 0.15) is 5.69 Å². The molecular formula is C11H13N5O. The molecule has 88 valence electrons. The molecule has 0 aliphatic heterocycles. The van der Waals surface area contributed by atoms with Crippen LogP contribution in [0.5, 0.6) is 0 Å². The zero-order chi connectivity index (χ0) is 12.3. The van der Waals surface area contributed by atoms with E-state index in [1.54, 1.807) is 0 Å². The first kappa shape index (κ1) is 11.0. The molecule has 0 bridgehead atoms. The van der Waals surface area contributed by atoms with Crippen LogP contribution in [0, 0.1) is 0 Å². The van der Waals surface area contributed by atoms with Crippen LogP contribution in [0.3, 0.4) is 0 Å². The number of nitrogens with one attached hydrogen (secondary N) is 2. The van der Waals surface area contributed by atoms with Gasteiger partial charge in [-0.15, -0.1) is 0 Å². The molecule has 0 amide bonds. The summed E-state index contributed by atoms with van der Waals surface area (Å²) in [4.78, 5) is 17.6. The number of benzene rings is 1. The summed E-state index contributed by atoms with van der Waals surface area (Å²) in [6, 6.07) is 7.46. The highest BCUT2D eigenvalue weighted by molar-refractivity contribution is 5.59. The minimum Gasteiger partial charge on any atom is -0.398 e. The molecule has 17 heavy (non-hydrogen) atoms. The molecule has 0 aliphatic carbocycles. The molecule has 0 radical (unpaired) electrons. The summed E-state index contributed by atoms with van der Waals surface area (Å²) in [5.74, 6) is 0.358. The van der Waals surface area contributed by atoms with E-state index in [-0.39, 0.29) is 11.2 Å². The smallest absolute Gasteiger partial charge is 0.276 e. The second-order valence-electron chi connectivity index (χ2n) is 3.55. The number of nitrogens with zero attached hydrogens (tertiary/aromatic N) is 1. The van der Waals surface area contributed by atoms with Crippen molar-refractivity contribution in [1.29, 1.82) is 0 Å². The summed E-state index contributed by atoms with van der Waals surface area (Å²) in [6.45, 7) is 0.466. The summed E-state index contributed by atoms with van der Waals surface area (Å²) >= 11 is 0. The number of H-pyrrole nitrogens is 1. The molecule has 1 aromatic carbocycles. The molecule has 2 aromatic rings. The number of aromatic nitrogens is 2. The van der Waals surface area contributed by atoms with E-state index >= 15 is 0 Å². The molecule has 0 fully saturated rings. The lowest BCUT2D eigenvalue weighted by molar-refractivity contribution is 1.07. The number of rotatable bonds is 3. The third kappa shape index (κ3) is 2.36. The van der Waals surface area contributed by atoms with Crippen LogP contribution in [0.4, 0.5) is 17.2 Å². The molecule has 1 heterocycles. The van der Waals surface area contributed by atoms with Crippen molar-refractivity contribution in [3.05, 3.63) is 46.5 Å². The fourth-order valence-electron chi connectivity index (χ4n) is 1.43. The molecular weight excluding hydrogens is 218 g/mol. The van der Waals surface area contributed by atoms with E-state index in [1.807, 2.05) is 24.3 Å². The lowest BCUT2D eigenvalue weighted by atomic mass is 10.2. The average molecular weight is 231 g/mol. The van der Waals surface area contributed by atoms with Crippen LogP contribution in [0.1, 0.15) is 5.56 Å². The Bertz CT molecular complexity index is 578. The van der Waals surface area contributed by atoms with Gasteiger partial charge in [-0.3, -0.25) is 4.79 Å². The SMILES string of the molecule is Nc1ccccc1CNc1nc[nH]c(=O)c1N. The molecule has 0 atom stereocenters. The Morgan fingerprint density at radius 3 is 2.82 bits per heavy atom. The maximum Gasteiger partial charge on any atom is 0.276 e. The second kappa shape index (κ2) is 4.56. The summed E-state index contributed by atoms with van der Waals surface area (Å²) < 4.78 is 0. The maximum absolute atomic E-state index is 11.2. The fraction of sp³-hybridized carbons (Fsp3) is 0.0909. The van der Waals surface area contributed by atoms with Gasteiger partial charge in [0.15, 0.2) is 5.82 Å². The number of hydrogen-bond acceptors (Lipinski definition) is 5. The van der Waals surface area contributed by atoms with Crippen LogP contribution in [0.25, 0.3) is 0 Å². The Morgan fingerprint density at radius 2 is 2.06 bits per heavy atom. The highest BCUT2D eigenvalue weighted by Gasteiger charge is 2.04. The standard InChI is InChI=1S/C11H13N5O/c12-8-4-2-1-3-7(8)5-14-10-9(13)11(17)16-6-15-10/h1-4,6H,5,12-13H2,(H2,14,15,16,17). The Kier molecular flexibility index (Phi) is 2.95. The fourth-order valence-corrected chi connectivity index (χ4v) is 1.43. The van der Waals surface area contributed by atoms with Crippen LogP contribution in [-0.4, -0.2) is 9.97 Å². The van der Waals surface area contributed by atoms with Crippen molar-refractivity contribution in [1.82, 2.24) is 9.97 Å². The van der Waals surface area contributed by atoms with Gasteiger partial charge >= 0.3 is 0 Å². The molecule has 0 spiro atoms. The Morgan fingerprint density at radius 1 is 1.29 bits per heavy atom. The predicted octanol–water partition coefficient (Wildman–Crippen LogP) is 0.546. The van der Waals surface area contributed by atoms with Crippen molar-refractivity contribution in [2.24, 2.45) is 0 Å². The minimum atomic E-state index is -0.358. The van der Waals surface area contributed by atoms with Gasteiger partial charge in [0, 0.05) is 12.2 Å². The van der Waals surface area contributed by atoms with Crippen LogP contribution in [-0.2, 0) is 6.54 Å². The van der Waals surface area contributed by atoms with Crippen LogP contribution in [0.15, 0.2) is 35.4 Å². The summed E-state index contributed by atoms with van der Waals surface area (Å²) in [7, 11) is 0. The van der Waals surface area contributed by atoms with Gasteiger partial charge in [0.25, 0.3) is 5.56 Å². The number of para-hydroxylation sites is 1. The number of nitrogens with two attached hydrogens (primary N) is 2. The quantitative estimate of drug-likeness (QED) is 0.576. The number of hydrogen-bond donors (Lipinski definition) is 4. The van der Waals surface area contributed by atoms with E-state index in [4.69, 9.17) is 11.5 Å². The van der Waals surface area contributed by atoms with Crippen molar-refractivity contribution in [2.45, 2.75) is 6.54 Å². The van der Waals surface area contributed by atoms with E-state index in [1.165, 1.54) is 6.33 Å². The first-order valence-electron chi connectivity index (χ1n) is 5.09. The van der Waals surface area contributed by atoms with Gasteiger partial charge < -0.3 is 21.8 Å². The van der Waals surface area contributed by atoms with E-state index in [0.29, 0.717) is 18.1 Å². The third-order valence-electron chi connectivity index (χ3n) is 2.39. The topological polar surface area (TPSA) is 110 Å². The molecule has 2 rings (SSSR count). The van der Waals surface area contributed by atoms with Crippen molar-refractivity contribution in [3.63, 3.8) is 0 Å². The number of anilines is 3. The van der Waals surface area contributed by atoms with Gasteiger partial charge in [-0.2, -0.15) is 0 Å². The van der Waals surface area contributed by atoms with Crippen LogP contribution < -0.4 is 22.3 Å². The number of aromatic amines is 1. The minimum absolute atomic E-state index is 0.0713. The van der Waals surface area contributed by atoms with Crippen LogP contribution in [0.2, 0.25) is 0 Å². The molecule has 6 heteroatoms. The highest BCUT2D eigenvalue weighted by atomic mass is 16.1. The van der Waals surface area contributed by atoms with E-state index in [2.05, 4.69) is 15.3 Å². The van der Waals surface area contributed by atoms with E-state index in [0.717, 1.165) is 5.56 Å². The molecule has 0 unspecified atom stereocenters. The Hall–Kier alpha value is -2.50. The van der Waals surface area contributed by atoms with Crippen molar-refractivity contribution in [3.8, 4) is 0 Å². The van der Waals surface area contributed by atoms with Gasteiger partial charge in [0.05, 0.1) is 6.33 Å². The largest absolute Gasteiger partial charge is 0.398 e. The number of nitrogen functional groups attached to an aromatic ring is 2. The summed E-state index contributed by atoms with van der Waals surface area (Å²) in [6.07, 6.45) is 1.30. The van der Waals surface area contributed by atoms with Crippen molar-refractivity contribution < 1.29 is 0 Å². The zero-order valence-electron chi connectivity index (χ0n) is 9.10. The van der Waals surface area contributed by atoms with E-state index in [9.17, 15) is 4.79 Å². The molecule has 0 saturated heterocycles. The monoisotopic (exact) mass is 231 g/mol. The van der Waals surface area contributed by atoms with Gasteiger partial charge in [-0.25, -0.2) is 4.98 Å². The Labute approximate surface area is 97.7 Å². The lowest BCUT2D eigenvalue weighted by Gasteiger charge is -2.08. The maximum atomic E-state index is 11.2. The lowest BCUT2D eigenvalue weighted by Crippen LogP contribution is -2.16. The van der Waals surface area contributed by atoms with Crippen molar-refractivity contribution in [2.75, 3.05) is 16.8 Å². The zero-order valence-corrected chi connectivity index (χ0v) is 9.10. The Balaban J connectivity index is 2.16. The summed E-state index contributed by atoms with van der Waals surface area (Å²) in [5, 5.41) is 2.97. The first-order valence-corrected chi connectivity index (χ1v) is 5.09. The summed E-state index contributed by atoms with van der Waals surface area (Å²) in [5.41, 5.74) is 12.7. The second-order valence-corrected chi connectivity index (χ2v) is 3.55. The normalized spacial score (nSPS) is 10.1. The molecule has 6 N–H and O–H groups in total. The predicted molar refractivity (Wildman–Crippen MR) is 67.5 cm³/mol. The van der Waals surface area contributed by atoms with Gasteiger partial charge in [-0.05, 0) is 11.6 Å². The highest BCUT2D eigenvalue weighted by Crippen LogP contribution is 2.14. The molecule has 1 aromatic heterocycles. The first-order chi connectivity index (χ1) is 8.18. The van der Waals surface area contributed by atoms with E-state index < -0.39 is 0 Å². The molecule has 0 aliphatic rings.